The zero-order valence-corrected chi connectivity index (χ0v) is 30.0. The van der Waals surface area contributed by atoms with Gasteiger partial charge in [-0.3, -0.25) is 24.0 Å². The summed E-state index contributed by atoms with van der Waals surface area (Å²) in [4.78, 5) is 68.6. The van der Waals surface area contributed by atoms with Gasteiger partial charge in [-0.05, 0) is 81.0 Å². The molecule has 9 nitrogen and oxygen atoms in total. The summed E-state index contributed by atoms with van der Waals surface area (Å²) in [6.07, 6.45) is 7.20. The molecule has 4 aliphatic rings. The number of hydrogen-bond donors (Lipinski definition) is 1. The Balaban J connectivity index is 1.55. The summed E-state index contributed by atoms with van der Waals surface area (Å²) >= 11 is 0. The highest BCUT2D eigenvalue weighted by atomic mass is 32.2. The highest BCUT2D eigenvalue weighted by Crippen LogP contribution is 2.65. The lowest BCUT2D eigenvalue weighted by atomic mass is 9.76. The molecule has 1 aliphatic heterocycles. The molecule has 0 aromatic heterocycles. The number of ketones is 3. The van der Waals surface area contributed by atoms with Crippen molar-refractivity contribution in [1.82, 2.24) is 4.90 Å². The summed E-state index contributed by atoms with van der Waals surface area (Å²) in [5.41, 5.74) is 5.25. The average Bonchev–Trinajstić information content (AvgIpc) is 3.81. The summed E-state index contributed by atoms with van der Waals surface area (Å²) < 4.78 is 25.2. The van der Waals surface area contributed by atoms with Crippen molar-refractivity contribution < 1.29 is 32.4 Å². The second-order valence-electron chi connectivity index (χ2n) is 17.0. The Bertz CT molecular complexity index is 1300. The third kappa shape index (κ3) is 8.12. The second-order valence-corrected chi connectivity index (χ2v) is 19.8. The third-order valence-electron chi connectivity index (χ3n) is 12.0. The van der Waals surface area contributed by atoms with Crippen LogP contribution in [-0.2, 0) is 33.8 Å². The fraction of sp³-hybridized carbons (Fsp3) is 0.861. The maximum Gasteiger partial charge on any atom is 0.285 e. The van der Waals surface area contributed by atoms with Crippen LogP contribution in [0.1, 0.15) is 119 Å². The fourth-order valence-corrected chi connectivity index (χ4v) is 9.90. The molecule has 3 saturated carbocycles. The van der Waals surface area contributed by atoms with Gasteiger partial charge in [0, 0.05) is 37.6 Å². The molecule has 0 spiro atoms. The van der Waals surface area contributed by atoms with E-state index in [1.54, 1.807) is 25.7 Å². The lowest BCUT2D eigenvalue weighted by Crippen LogP contribution is -2.50. The van der Waals surface area contributed by atoms with Crippen LogP contribution < -0.4 is 5.73 Å². The summed E-state index contributed by atoms with van der Waals surface area (Å²) in [7, 11) is -3.44. The number of Topliss-reactive ketones (excluding diaryl/α,β-unsaturated/α-hetero) is 3. The molecule has 4 fully saturated rings. The molecule has 10 heteroatoms. The predicted molar refractivity (Wildman–Crippen MR) is 177 cm³/mol. The highest BCUT2D eigenvalue weighted by molar-refractivity contribution is 7.92. The average molecular weight is 663 g/mol. The first-order valence-electron chi connectivity index (χ1n) is 17.7. The Labute approximate surface area is 276 Å². The van der Waals surface area contributed by atoms with Crippen molar-refractivity contribution in [1.29, 1.82) is 0 Å². The van der Waals surface area contributed by atoms with Crippen molar-refractivity contribution in [2.75, 3.05) is 12.3 Å². The number of piperidine rings is 1. The molecule has 0 aromatic rings. The molecule has 2 unspecified atom stereocenters. The topological polar surface area (TPSA) is 149 Å². The number of nitrogens with zero attached hydrogens (tertiary/aromatic N) is 1. The SMILES string of the molecule is CC(C)[C@H](CC(=O)C[C@H](C(=O)N1CC2[C@@H]([C@H]1C(=O)CC(CC1CC1)C(=O)C(N)=O)C2(C)C)C1CCCCC1)CS(=O)(=O)C(C)(C)C. The maximum atomic E-state index is 14.6. The molecule has 0 bridgehead atoms. The fourth-order valence-electron chi connectivity index (χ4n) is 8.33. The minimum Gasteiger partial charge on any atom is -0.363 e. The number of amides is 2. The maximum absolute atomic E-state index is 14.6. The van der Waals surface area contributed by atoms with Crippen LogP contribution in [0.2, 0.25) is 0 Å². The van der Waals surface area contributed by atoms with Gasteiger partial charge in [0.25, 0.3) is 5.91 Å². The molecule has 2 N–H and O–H groups in total. The van der Waals surface area contributed by atoms with E-state index in [0.717, 1.165) is 44.9 Å². The van der Waals surface area contributed by atoms with Crippen LogP contribution in [0, 0.1) is 52.8 Å². The number of carbonyl (C=O) groups is 5. The van der Waals surface area contributed by atoms with Gasteiger partial charge >= 0.3 is 0 Å². The van der Waals surface area contributed by atoms with Crippen LogP contribution in [0.15, 0.2) is 0 Å². The Hall–Kier alpha value is -2.10. The molecular weight excluding hydrogens is 604 g/mol. The smallest absolute Gasteiger partial charge is 0.285 e. The van der Waals surface area contributed by atoms with Crippen LogP contribution in [-0.4, -0.2) is 65.6 Å². The minimum absolute atomic E-state index is 0.0217. The van der Waals surface area contributed by atoms with Gasteiger partial charge in [-0.1, -0.05) is 59.8 Å². The van der Waals surface area contributed by atoms with Crippen LogP contribution in [0.4, 0.5) is 0 Å². The molecule has 1 heterocycles. The van der Waals surface area contributed by atoms with Gasteiger partial charge in [0.15, 0.2) is 15.6 Å². The van der Waals surface area contributed by atoms with Crippen molar-refractivity contribution in [3.05, 3.63) is 0 Å². The van der Waals surface area contributed by atoms with Gasteiger partial charge in [-0.2, -0.15) is 0 Å². The molecule has 4 rings (SSSR count). The highest BCUT2D eigenvalue weighted by Gasteiger charge is 2.69. The Kier molecular flexibility index (Phi) is 11.0. The standard InChI is InChI=1S/C36H58N2O7S/c1-21(2)25(20-46(44,45)35(3,4)5)16-26(39)18-27(23-11-9-8-10-12-23)34(43)38-19-28-30(36(28,6)7)31(38)29(40)17-24(15-22-13-14-22)32(41)33(37)42/h21-25,27-28,30-31H,8-20H2,1-7H3,(H2,37,42)/t24?,25-,27+,28?,30+,31-/m1/s1. The van der Waals surface area contributed by atoms with E-state index in [9.17, 15) is 32.4 Å². The summed E-state index contributed by atoms with van der Waals surface area (Å²) in [5, 5.41) is 0. The Morgan fingerprint density at radius 3 is 2.04 bits per heavy atom. The van der Waals surface area contributed by atoms with E-state index in [1.165, 1.54) is 0 Å². The van der Waals surface area contributed by atoms with E-state index in [2.05, 4.69) is 13.8 Å². The largest absolute Gasteiger partial charge is 0.363 e. The zero-order chi connectivity index (χ0) is 34.4. The molecule has 260 valence electrons. The van der Waals surface area contributed by atoms with Gasteiger partial charge in [-0.15, -0.1) is 0 Å². The predicted octanol–water partition coefficient (Wildman–Crippen LogP) is 4.93. The number of fused-ring (bicyclic) bond motifs is 1. The summed E-state index contributed by atoms with van der Waals surface area (Å²) in [5.74, 6) is -3.46. The Morgan fingerprint density at radius 2 is 1.52 bits per heavy atom. The van der Waals surface area contributed by atoms with Crippen LogP contribution >= 0.6 is 0 Å². The van der Waals surface area contributed by atoms with Crippen molar-refractivity contribution in [3.8, 4) is 0 Å². The van der Waals surface area contributed by atoms with Crippen LogP contribution in [0.5, 0.6) is 0 Å². The van der Waals surface area contributed by atoms with Gasteiger partial charge in [0.05, 0.1) is 16.5 Å². The molecule has 2 amide bonds. The molecular formula is C36H58N2O7S. The van der Waals surface area contributed by atoms with Gasteiger partial charge in [0.2, 0.25) is 11.7 Å². The number of nitrogens with two attached hydrogens (primary N) is 1. The first-order valence-corrected chi connectivity index (χ1v) is 19.3. The molecule has 0 radical (unpaired) electrons. The van der Waals surface area contributed by atoms with E-state index < -0.39 is 44.2 Å². The lowest BCUT2D eigenvalue weighted by molar-refractivity contribution is -0.147. The molecule has 3 aliphatic carbocycles. The quantitative estimate of drug-likeness (QED) is 0.230. The zero-order valence-electron chi connectivity index (χ0n) is 29.2. The third-order valence-corrected chi connectivity index (χ3v) is 14.7. The van der Waals surface area contributed by atoms with Gasteiger partial charge in [0.1, 0.15) is 5.78 Å². The van der Waals surface area contributed by atoms with E-state index in [4.69, 9.17) is 5.73 Å². The number of sulfone groups is 1. The summed E-state index contributed by atoms with van der Waals surface area (Å²) in [6.45, 7) is 13.6. The van der Waals surface area contributed by atoms with Crippen molar-refractivity contribution >= 4 is 39.0 Å². The minimum atomic E-state index is -3.44. The monoisotopic (exact) mass is 662 g/mol. The van der Waals surface area contributed by atoms with E-state index >= 15 is 0 Å². The number of rotatable bonds is 16. The van der Waals surface area contributed by atoms with Crippen molar-refractivity contribution in [2.24, 2.45) is 58.5 Å². The first-order chi connectivity index (χ1) is 21.3. The van der Waals surface area contributed by atoms with E-state index in [-0.39, 0.29) is 77.5 Å². The molecule has 1 saturated heterocycles. The summed E-state index contributed by atoms with van der Waals surface area (Å²) in [6, 6.07) is -0.684. The number of hydrogen-bond acceptors (Lipinski definition) is 7. The lowest BCUT2D eigenvalue weighted by Gasteiger charge is -2.37. The second kappa shape index (κ2) is 13.8. The van der Waals surface area contributed by atoms with Crippen LogP contribution in [0.3, 0.4) is 0 Å². The van der Waals surface area contributed by atoms with Crippen molar-refractivity contribution in [2.45, 2.75) is 130 Å². The first kappa shape index (κ1) is 36.7. The van der Waals surface area contributed by atoms with E-state index in [0.29, 0.717) is 18.9 Å². The van der Waals surface area contributed by atoms with Gasteiger partial charge in [-0.25, -0.2) is 8.42 Å². The van der Waals surface area contributed by atoms with Crippen LogP contribution in [0.25, 0.3) is 0 Å². The molecule has 46 heavy (non-hydrogen) atoms. The number of likely N-dealkylation sites (tertiary alicyclic amines) is 1. The molecule has 6 atom stereocenters. The van der Waals surface area contributed by atoms with Gasteiger partial charge < -0.3 is 10.6 Å². The molecule has 0 aromatic carbocycles. The van der Waals surface area contributed by atoms with Crippen molar-refractivity contribution in [3.63, 3.8) is 0 Å². The number of primary amides is 1. The Morgan fingerprint density at radius 1 is 0.913 bits per heavy atom. The normalized spacial score (nSPS) is 26.7. The number of carbonyl (C=O) groups excluding carboxylic acids is 5. The van der Waals surface area contributed by atoms with E-state index in [1.807, 2.05) is 13.8 Å².